The summed E-state index contributed by atoms with van der Waals surface area (Å²) in [6.07, 6.45) is 0. The second-order valence-corrected chi connectivity index (χ2v) is 22.3. The molecule has 78 heavy (non-hydrogen) atoms. The second-order valence-electron chi connectivity index (χ2n) is 20.2. The minimum atomic E-state index is 0.943. The van der Waals surface area contributed by atoms with Crippen molar-refractivity contribution in [3.63, 3.8) is 0 Å². The van der Waals surface area contributed by atoms with Crippen LogP contribution in [-0.4, -0.2) is 9.13 Å². The summed E-state index contributed by atoms with van der Waals surface area (Å²) in [5.41, 5.74) is 15.8. The summed E-state index contributed by atoms with van der Waals surface area (Å²) in [6, 6.07) is 91.3. The van der Waals surface area contributed by atoms with Crippen LogP contribution in [0.4, 0.5) is 0 Å². The zero-order valence-electron chi connectivity index (χ0n) is 41.8. The average molecular weight is 1030 g/mol. The molecule has 0 radical (unpaired) electrons. The lowest BCUT2D eigenvalue weighted by molar-refractivity contribution is 0.669. The fraction of sp³-hybridized carbons (Fsp3) is 0. The lowest BCUT2D eigenvalue weighted by atomic mass is 10.1. The molecule has 364 valence electrons. The van der Waals surface area contributed by atoms with Gasteiger partial charge in [-0.05, 0) is 113 Å². The average Bonchev–Trinajstić information content (AvgIpc) is 4.42. The van der Waals surface area contributed by atoms with Crippen molar-refractivity contribution in [2.45, 2.75) is 0 Å². The van der Waals surface area contributed by atoms with Gasteiger partial charge in [-0.1, -0.05) is 164 Å². The molecule has 4 nitrogen and oxygen atoms in total. The third-order valence-electron chi connectivity index (χ3n) is 16.0. The van der Waals surface area contributed by atoms with E-state index in [2.05, 4.69) is 258 Å². The molecule has 0 saturated carbocycles. The van der Waals surface area contributed by atoms with Crippen LogP contribution < -0.4 is 0 Å². The molecule has 0 aliphatic carbocycles. The minimum absolute atomic E-state index is 0.943. The second kappa shape index (κ2) is 16.9. The molecule has 6 heterocycles. The fourth-order valence-corrected chi connectivity index (χ4v) is 15.0. The maximum Gasteiger partial charge on any atom is 0.145 e. The van der Waals surface area contributed by atoms with Crippen molar-refractivity contribution < 1.29 is 8.83 Å². The molecule has 18 aromatic rings. The van der Waals surface area contributed by atoms with Gasteiger partial charge >= 0.3 is 0 Å². The highest BCUT2D eigenvalue weighted by Gasteiger charge is 2.23. The van der Waals surface area contributed by atoms with Gasteiger partial charge in [-0.25, -0.2) is 0 Å². The maximum atomic E-state index is 6.87. The van der Waals surface area contributed by atoms with E-state index < -0.39 is 0 Å². The van der Waals surface area contributed by atoms with Gasteiger partial charge in [0.25, 0.3) is 0 Å². The van der Waals surface area contributed by atoms with Crippen molar-refractivity contribution in [1.82, 2.24) is 9.13 Å². The highest BCUT2D eigenvalue weighted by Crippen LogP contribution is 2.48. The molecule has 0 atom stereocenters. The molecule has 12 aromatic carbocycles. The molecule has 0 saturated heterocycles. The molecule has 0 aliphatic heterocycles. The Morgan fingerprint density at radius 3 is 1.37 bits per heavy atom. The summed E-state index contributed by atoms with van der Waals surface area (Å²) in [5.74, 6) is 0. The molecule has 6 aromatic heterocycles. The van der Waals surface area contributed by atoms with E-state index >= 15 is 0 Å². The number of thiophene rings is 2. The van der Waals surface area contributed by atoms with Crippen LogP contribution >= 0.6 is 22.7 Å². The van der Waals surface area contributed by atoms with Crippen molar-refractivity contribution in [3.05, 3.63) is 255 Å². The van der Waals surface area contributed by atoms with Crippen molar-refractivity contribution in [1.29, 1.82) is 0 Å². The number of nitrogens with zero attached hydrogens (tertiary/aromatic N) is 2. The first-order valence-corrected chi connectivity index (χ1v) is 28.0. The van der Waals surface area contributed by atoms with Gasteiger partial charge in [-0.15, -0.1) is 22.7 Å². The summed E-state index contributed by atoms with van der Waals surface area (Å²) in [6.45, 7) is 0. The number of para-hydroxylation sites is 3. The van der Waals surface area contributed by atoms with E-state index in [-0.39, 0.29) is 0 Å². The van der Waals surface area contributed by atoms with E-state index in [1.807, 2.05) is 28.7 Å². The highest BCUT2D eigenvalue weighted by molar-refractivity contribution is 7.28. The van der Waals surface area contributed by atoms with Crippen LogP contribution in [0.3, 0.4) is 0 Å². The Hall–Kier alpha value is -9.72. The number of hydrogen-bond acceptors (Lipinski definition) is 4. The van der Waals surface area contributed by atoms with Crippen LogP contribution in [-0.2, 0) is 0 Å². The Balaban J connectivity index is 0.000000126. The SMILES string of the molecule is c1ccc(-c2ccc(-n3c4ccccc4c4c5oc6c(ccc7sc8ccccc8c76)c5ccc43)cc2)cc1.c1ccc(-c2ccc(-n3c4ccccc4c4c5sc6c(ccc7oc8ccccc8c76)c5ccc43)cc2)cc1. The molecule has 0 amide bonds. The lowest BCUT2D eigenvalue weighted by Crippen LogP contribution is -1.93. The van der Waals surface area contributed by atoms with Crippen LogP contribution in [0.1, 0.15) is 0 Å². The van der Waals surface area contributed by atoms with Crippen LogP contribution in [0.2, 0.25) is 0 Å². The number of benzene rings is 12. The molecule has 0 unspecified atom stereocenters. The van der Waals surface area contributed by atoms with Gasteiger partial charge in [-0.3, -0.25) is 0 Å². The summed E-state index contributed by atoms with van der Waals surface area (Å²) in [7, 11) is 0. The Kier molecular flexibility index (Phi) is 9.42. The highest BCUT2D eigenvalue weighted by atomic mass is 32.1. The van der Waals surface area contributed by atoms with Crippen LogP contribution in [0, 0.1) is 0 Å². The predicted octanol–water partition coefficient (Wildman–Crippen LogP) is 21.4. The fourth-order valence-electron chi connectivity index (χ4n) is 12.5. The molecular weight excluding hydrogens is 989 g/mol. The molecule has 0 bridgehead atoms. The first-order valence-electron chi connectivity index (χ1n) is 26.4. The third-order valence-corrected chi connectivity index (χ3v) is 18.4. The molecule has 0 spiro atoms. The summed E-state index contributed by atoms with van der Waals surface area (Å²) in [4.78, 5) is 0. The zero-order valence-corrected chi connectivity index (χ0v) is 43.4. The quantitative estimate of drug-likeness (QED) is 0.176. The third kappa shape index (κ3) is 6.39. The summed E-state index contributed by atoms with van der Waals surface area (Å²) in [5, 5.41) is 14.8. The summed E-state index contributed by atoms with van der Waals surface area (Å²) >= 11 is 3.72. The Bertz CT molecular complexity index is 5080. The topological polar surface area (TPSA) is 36.1 Å². The minimum Gasteiger partial charge on any atom is -0.456 e. The van der Waals surface area contributed by atoms with E-state index in [1.54, 1.807) is 0 Å². The van der Waals surface area contributed by atoms with Gasteiger partial charge in [0.1, 0.15) is 22.3 Å². The summed E-state index contributed by atoms with van der Waals surface area (Å²) < 4.78 is 23.0. The van der Waals surface area contributed by atoms with Crippen LogP contribution in [0.15, 0.2) is 264 Å². The lowest BCUT2D eigenvalue weighted by Gasteiger charge is -2.09. The number of fused-ring (bicyclic) bond motifs is 22. The van der Waals surface area contributed by atoms with Crippen LogP contribution in [0.25, 0.3) is 161 Å². The van der Waals surface area contributed by atoms with Gasteiger partial charge < -0.3 is 18.0 Å². The number of aromatic nitrogens is 2. The van der Waals surface area contributed by atoms with E-state index in [1.165, 1.54) is 123 Å². The van der Waals surface area contributed by atoms with E-state index in [0.29, 0.717) is 0 Å². The molecular formula is C72H42N2O2S2. The first-order chi connectivity index (χ1) is 38.7. The smallest absolute Gasteiger partial charge is 0.145 e. The van der Waals surface area contributed by atoms with Gasteiger partial charge in [0.05, 0.1) is 27.5 Å². The number of rotatable bonds is 4. The Morgan fingerprint density at radius 1 is 0.244 bits per heavy atom. The van der Waals surface area contributed by atoms with Gasteiger partial charge in [-0.2, -0.15) is 0 Å². The number of hydrogen-bond donors (Lipinski definition) is 0. The zero-order chi connectivity index (χ0) is 51.0. The standard InChI is InChI=1S/2C36H21NOS/c1-2-8-22(9-3-1)23-14-16-24(17-15-23)37-29-12-6-4-10-27(29)33-30(37)20-18-25-26-19-21-32-34(36(26)38-35(25)33)28-11-5-7-13-31(28)39-32;1-2-8-22(9-3-1)23-14-16-24(17-15-23)37-29-12-6-4-10-27(29)33-30(37)20-18-25-26-19-21-32-34(36(26)39-35(25)33)28-11-5-7-13-31(28)38-32/h2*1-21H. The monoisotopic (exact) mass is 1030 g/mol. The maximum absolute atomic E-state index is 6.87. The predicted molar refractivity (Wildman–Crippen MR) is 333 cm³/mol. The van der Waals surface area contributed by atoms with E-state index in [0.717, 1.165) is 38.9 Å². The van der Waals surface area contributed by atoms with Crippen molar-refractivity contribution in [2.24, 2.45) is 0 Å². The Morgan fingerprint density at radius 2 is 0.718 bits per heavy atom. The molecule has 18 rings (SSSR count). The molecule has 0 aliphatic rings. The first kappa shape index (κ1) is 43.5. The normalized spacial score (nSPS) is 12.1. The van der Waals surface area contributed by atoms with Crippen LogP contribution in [0.5, 0.6) is 0 Å². The Labute approximate surface area is 454 Å². The van der Waals surface area contributed by atoms with Gasteiger partial charge in [0.2, 0.25) is 0 Å². The van der Waals surface area contributed by atoms with E-state index in [9.17, 15) is 0 Å². The van der Waals surface area contributed by atoms with Crippen molar-refractivity contribution in [3.8, 4) is 33.6 Å². The number of furan rings is 2. The molecule has 6 heteroatoms. The van der Waals surface area contributed by atoms with Gasteiger partial charge in [0.15, 0.2) is 0 Å². The largest absolute Gasteiger partial charge is 0.456 e. The van der Waals surface area contributed by atoms with Gasteiger partial charge in [0, 0.05) is 89.4 Å². The van der Waals surface area contributed by atoms with Crippen molar-refractivity contribution >= 4 is 151 Å². The molecule has 0 fully saturated rings. The van der Waals surface area contributed by atoms with Crippen molar-refractivity contribution in [2.75, 3.05) is 0 Å². The van der Waals surface area contributed by atoms with E-state index in [4.69, 9.17) is 8.83 Å². The molecule has 0 N–H and O–H groups in total.